The number of nitrogens with two attached hydrogens (primary N) is 2. The van der Waals surface area contributed by atoms with Gasteiger partial charge < -0.3 is 22.1 Å². The van der Waals surface area contributed by atoms with Crippen LogP contribution in [0.25, 0.3) is 11.3 Å². The minimum absolute atomic E-state index is 0.443. The van der Waals surface area contributed by atoms with Crippen LogP contribution < -0.4 is 22.1 Å². The molecule has 7 nitrogen and oxygen atoms in total. The van der Waals surface area contributed by atoms with Gasteiger partial charge >= 0.3 is 0 Å². The predicted octanol–water partition coefficient (Wildman–Crippen LogP) is 1.02. The third kappa shape index (κ3) is 5.00. The Balaban J connectivity index is 1.56. The second-order valence-corrected chi connectivity index (χ2v) is 6.56. The number of hydrogen-bond donors (Lipinski definition) is 4. The van der Waals surface area contributed by atoms with Gasteiger partial charge in [0.2, 0.25) is 0 Å². The molecule has 0 amide bonds. The standard InChI is InChI=1S/C19H27N7/c20-17-13-26-18(15-2-1-5-23-12-15)10-16(17)19(21)25-9-8-24-11-14-3-6-22-7-4-14/h1-2,5,10,12-14,22,24H,3-4,6-9,11,20H2,(H2,21,25). The Morgan fingerprint density at radius 2 is 2.15 bits per heavy atom. The zero-order valence-corrected chi connectivity index (χ0v) is 15.0. The SMILES string of the molecule is NC(=NCCNCC1CCNCC1)c1cc(-c2cccnc2)ncc1N. The third-order valence-electron chi connectivity index (χ3n) is 4.63. The van der Waals surface area contributed by atoms with Crippen LogP contribution in [0.5, 0.6) is 0 Å². The first-order valence-electron chi connectivity index (χ1n) is 9.11. The van der Waals surface area contributed by atoms with Gasteiger partial charge in [-0.1, -0.05) is 0 Å². The highest BCUT2D eigenvalue weighted by Gasteiger charge is 2.12. The van der Waals surface area contributed by atoms with Gasteiger partial charge in [0, 0.05) is 30.1 Å². The van der Waals surface area contributed by atoms with Crippen LogP contribution in [0.1, 0.15) is 18.4 Å². The van der Waals surface area contributed by atoms with Crippen molar-refractivity contribution in [1.29, 1.82) is 0 Å². The number of amidine groups is 1. The van der Waals surface area contributed by atoms with E-state index in [9.17, 15) is 0 Å². The van der Waals surface area contributed by atoms with Gasteiger partial charge in [-0.05, 0) is 56.6 Å². The number of anilines is 1. The first-order chi connectivity index (χ1) is 12.7. The van der Waals surface area contributed by atoms with Crippen LogP contribution in [0, 0.1) is 5.92 Å². The summed E-state index contributed by atoms with van der Waals surface area (Å²) in [6.45, 7) is 4.72. The van der Waals surface area contributed by atoms with Crippen molar-refractivity contribution in [1.82, 2.24) is 20.6 Å². The summed E-state index contributed by atoms with van der Waals surface area (Å²) in [5.41, 5.74) is 15.1. The fourth-order valence-electron chi connectivity index (χ4n) is 3.09. The van der Waals surface area contributed by atoms with E-state index in [4.69, 9.17) is 11.5 Å². The quantitative estimate of drug-likeness (QED) is 0.336. The number of hydrogen-bond acceptors (Lipinski definition) is 6. The normalized spacial score (nSPS) is 15.9. The molecule has 0 aromatic carbocycles. The van der Waals surface area contributed by atoms with Crippen molar-refractivity contribution in [3.05, 3.63) is 42.4 Å². The minimum atomic E-state index is 0.443. The van der Waals surface area contributed by atoms with Crippen LogP contribution >= 0.6 is 0 Å². The molecule has 2 aromatic heterocycles. The summed E-state index contributed by atoms with van der Waals surface area (Å²) in [6.07, 6.45) is 7.59. The van der Waals surface area contributed by atoms with Gasteiger partial charge in [0.15, 0.2) is 0 Å². The second-order valence-electron chi connectivity index (χ2n) is 6.56. The molecule has 0 atom stereocenters. The highest BCUT2D eigenvalue weighted by molar-refractivity contribution is 6.02. The molecule has 1 aliphatic heterocycles. The number of piperidine rings is 1. The van der Waals surface area contributed by atoms with Crippen molar-refractivity contribution in [2.75, 3.05) is 38.5 Å². The van der Waals surface area contributed by atoms with Gasteiger partial charge in [-0.15, -0.1) is 0 Å². The minimum Gasteiger partial charge on any atom is -0.397 e. The van der Waals surface area contributed by atoms with E-state index in [-0.39, 0.29) is 0 Å². The summed E-state index contributed by atoms with van der Waals surface area (Å²) in [5, 5.41) is 6.86. The van der Waals surface area contributed by atoms with E-state index in [1.54, 1.807) is 18.6 Å². The molecule has 1 saturated heterocycles. The van der Waals surface area contributed by atoms with Crippen molar-refractivity contribution in [2.24, 2.45) is 16.6 Å². The summed E-state index contributed by atoms with van der Waals surface area (Å²) in [7, 11) is 0. The molecule has 0 spiro atoms. The van der Waals surface area contributed by atoms with Crippen LogP contribution in [0.4, 0.5) is 5.69 Å². The molecule has 1 fully saturated rings. The fourth-order valence-corrected chi connectivity index (χ4v) is 3.09. The van der Waals surface area contributed by atoms with Gasteiger partial charge in [0.05, 0.1) is 24.1 Å². The molecular formula is C19H27N7. The smallest absolute Gasteiger partial charge is 0.127 e. The van der Waals surface area contributed by atoms with Crippen molar-refractivity contribution < 1.29 is 0 Å². The van der Waals surface area contributed by atoms with Crippen molar-refractivity contribution >= 4 is 11.5 Å². The summed E-state index contributed by atoms with van der Waals surface area (Å²) in [6, 6.07) is 5.69. The van der Waals surface area contributed by atoms with E-state index in [0.717, 1.165) is 48.9 Å². The lowest BCUT2D eigenvalue weighted by Crippen LogP contribution is -2.34. The molecule has 0 aliphatic carbocycles. The number of nitrogens with zero attached hydrogens (tertiary/aromatic N) is 3. The molecule has 0 bridgehead atoms. The highest BCUT2D eigenvalue weighted by atomic mass is 14.9. The van der Waals surface area contributed by atoms with E-state index >= 15 is 0 Å². The number of aromatic nitrogens is 2. The largest absolute Gasteiger partial charge is 0.397 e. The van der Waals surface area contributed by atoms with E-state index in [2.05, 4.69) is 25.6 Å². The fraction of sp³-hybridized carbons (Fsp3) is 0.421. The number of aliphatic imine (C=N–C) groups is 1. The molecule has 26 heavy (non-hydrogen) atoms. The molecule has 0 saturated carbocycles. The van der Waals surface area contributed by atoms with Crippen LogP contribution in [0.2, 0.25) is 0 Å². The molecule has 1 aliphatic rings. The summed E-state index contributed by atoms with van der Waals surface area (Å²) >= 11 is 0. The maximum Gasteiger partial charge on any atom is 0.127 e. The number of nitrogen functional groups attached to an aromatic ring is 1. The first kappa shape index (κ1) is 18.3. The van der Waals surface area contributed by atoms with Crippen molar-refractivity contribution in [2.45, 2.75) is 12.8 Å². The zero-order chi connectivity index (χ0) is 18.2. The maximum atomic E-state index is 6.16. The lowest BCUT2D eigenvalue weighted by atomic mass is 9.98. The highest BCUT2D eigenvalue weighted by Crippen LogP contribution is 2.20. The van der Waals surface area contributed by atoms with E-state index < -0.39 is 0 Å². The molecule has 0 radical (unpaired) electrons. The van der Waals surface area contributed by atoms with Crippen LogP contribution in [0.3, 0.4) is 0 Å². The van der Waals surface area contributed by atoms with Crippen LogP contribution in [-0.2, 0) is 0 Å². The van der Waals surface area contributed by atoms with Gasteiger partial charge in [-0.2, -0.15) is 0 Å². The third-order valence-corrected chi connectivity index (χ3v) is 4.63. The number of rotatable bonds is 7. The lowest BCUT2D eigenvalue weighted by Gasteiger charge is -2.22. The van der Waals surface area contributed by atoms with Crippen LogP contribution in [-0.4, -0.2) is 48.5 Å². The van der Waals surface area contributed by atoms with Crippen molar-refractivity contribution in [3.63, 3.8) is 0 Å². The number of nitrogens with one attached hydrogen (secondary N) is 2. The Bertz CT molecular complexity index is 724. The van der Waals surface area contributed by atoms with Gasteiger partial charge in [0.25, 0.3) is 0 Å². The Morgan fingerprint density at radius 3 is 2.92 bits per heavy atom. The Hall–Kier alpha value is -2.51. The lowest BCUT2D eigenvalue weighted by molar-refractivity contribution is 0.358. The van der Waals surface area contributed by atoms with E-state index in [0.29, 0.717) is 18.1 Å². The Morgan fingerprint density at radius 1 is 1.31 bits per heavy atom. The Labute approximate surface area is 154 Å². The molecule has 6 N–H and O–H groups in total. The monoisotopic (exact) mass is 353 g/mol. The molecule has 2 aromatic rings. The van der Waals surface area contributed by atoms with E-state index in [1.165, 1.54) is 12.8 Å². The predicted molar refractivity (Wildman–Crippen MR) is 106 cm³/mol. The topological polar surface area (TPSA) is 114 Å². The van der Waals surface area contributed by atoms with Crippen molar-refractivity contribution in [3.8, 4) is 11.3 Å². The van der Waals surface area contributed by atoms with E-state index in [1.807, 2.05) is 18.2 Å². The molecule has 3 rings (SSSR count). The molecule has 138 valence electrons. The average molecular weight is 353 g/mol. The Kier molecular flexibility index (Phi) is 6.51. The average Bonchev–Trinajstić information content (AvgIpc) is 2.69. The van der Waals surface area contributed by atoms with Crippen LogP contribution in [0.15, 0.2) is 41.8 Å². The molecule has 0 unspecified atom stereocenters. The molecule has 7 heteroatoms. The number of pyridine rings is 2. The van der Waals surface area contributed by atoms with Gasteiger partial charge in [-0.3, -0.25) is 15.0 Å². The van der Waals surface area contributed by atoms with Gasteiger partial charge in [-0.25, -0.2) is 0 Å². The maximum absolute atomic E-state index is 6.16. The molecule has 3 heterocycles. The summed E-state index contributed by atoms with van der Waals surface area (Å²) < 4.78 is 0. The summed E-state index contributed by atoms with van der Waals surface area (Å²) in [5.74, 6) is 1.20. The first-order valence-corrected chi connectivity index (χ1v) is 9.11. The summed E-state index contributed by atoms with van der Waals surface area (Å²) in [4.78, 5) is 13.0. The molecular weight excluding hydrogens is 326 g/mol. The van der Waals surface area contributed by atoms with Gasteiger partial charge in [0.1, 0.15) is 5.84 Å². The zero-order valence-electron chi connectivity index (χ0n) is 15.0. The second kappa shape index (κ2) is 9.26.